The minimum absolute atomic E-state index is 0.0770. The zero-order chi connectivity index (χ0) is 10.9. The van der Waals surface area contributed by atoms with Crippen LogP contribution in [0, 0.1) is 0 Å². The Kier molecular flexibility index (Phi) is 2.49. The van der Waals surface area contributed by atoms with Gasteiger partial charge in [-0.2, -0.15) is 0 Å². The predicted octanol–water partition coefficient (Wildman–Crippen LogP) is 1.95. The molecular weight excluding hydrogens is 192 g/mol. The first kappa shape index (κ1) is 10.2. The van der Waals surface area contributed by atoms with Crippen LogP contribution in [-0.4, -0.2) is 18.2 Å². The first-order chi connectivity index (χ1) is 7.16. The van der Waals surface area contributed by atoms with E-state index in [1.54, 1.807) is 7.11 Å². The molecule has 80 valence electrons. The standard InChI is InChI=1S/C12H14O3/c1-15-12(5-6-12)10-4-2-3-9(7-10)8-11(13)14/h2-4,7H,5-6,8H2,1H3,(H,13,14). The van der Waals surface area contributed by atoms with E-state index in [1.165, 1.54) is 0 Å². The van der Waals surface area contributed by atoms with Crippen LogP contribution in [0.1, 0.15) is 24.0 Å². The largest absolute Gasteiger partial charge is 0.481 e. The lowest BCUT2D eigenvalue weighted by Crippen LogP contribution is -2.10. The van der Waals surface area contributed by atoms with Crippen LogP contribution in [0.3, 0.4) is 0 Å². The van der Waals surface area contributed by atoms with Gasteiger partial charge < -0.3 is 9.84 Å². The molecule has 1 aromatic carbocycles. The second kappa shape index (κ2) is 3.66. The number of benzene rings is 1. The van der Waals surface area contributed by atoms with Crippen molar-refractivity contribution in [2.45, 2.75) is 24.9 Å². The van der Waals surface area contributed by atoms with Crippen molar-refractivity contribution in [3.63, 3.8) is 0 Å². The monoisotopic (exact) mass is 206 g/mol. The van der Waals surface area contributed by atoms with Gasteiger partial charge in [-0.05, 0) is 24.0 Å². The van der Waals surface area contributed by atoms with Crippen LogP contribution in [0.4, 0.5) is 0 Å². The highest BCUT2D eigenvalue weighted by Gasteiger charge is 2.44. The predicted molar refractivity (Wildman–Crippen MR) is 55.7 cm³/mol. The third-order valence-electron chi connectivity index (χ3n) is 2.90. The van der Waals surface area contributed by atoms with E-state index in [-0.39, 0.29) is 12.0 Å². The minimum atomic E-state index is -0.797. The number of carboxylic acid groups (broad SMARTS) is 1. The van der Waals surface area contributed by atoms with Crippen molar-refractivity contribution in [1.82, 2.24) is 0 Å². The van der Waals surface area contributed by atoms with E-state index in [0.717, 1.165) is 24.0 Å². The van der Waals surface area contributed by atoms with Crippen LogP contribution in [0.15, 0.2) is 24.3 Å². The van der Waals surface area contributed by atoms with Crippen molar-refractivity contribution in [3.8, 4) is 0 Å². The summed E-state index contributed by atoms with van der Waals surface area (Å²) in [5, 5.41) is 8.70. The molecule has 0 unspecified atom stereocenters. The highest BCUT2D eigenvalue weighted by Crippen LogP contribution is 2.48. The Morgan fingerprint density at radius 2 is 2.27 bits per heavy atom. The van der Waals surface area contributed by atoms with E-state index in [1.807, 2.05) is 24.3 Å². The number of carbonyl (C=O) groups is 1. The van der Waals surface area contributed by atoms with Gasteiger partial charge in [0.05, 0.1) is 12.0 Å². The number of hydrogen-bond donors (Lipinski definition) is 1. The fraction of sp³-hybridized carbons (Fsp3) is 0.417. The number of aliphatic carboxylic acids is 1. The van der Waals surface area contributed by atoms with Crippen LogP contribution < -0.4 is 0 Å². The van der Waals surface area contributed by atoms with E-state index in [0.29, 0.717) is 0 Å². The van der Waals surface area contributed by atoms with Crippen molar-refractivity contribution in [1.29, 1.82) is 0 Å². The van der Waals surface area contributed by atoms with Crippen molar-refractivity contribution in [3.05, 3.63) is 35.4 Å². The summed E-state index contributed by atoms with van der Waals surface area (Å²) in [7, 11) is 1.71. The number of carboxylic acids is 1. The van der Waals surface area contributed by atoms with Gasteiger partial charge in [0.2, 0.25) is 0 Å². The Bertz CT molecular complexity index is 380. The molecule has 1 N–H and O–H groups in total. The van der Waals surface area contributed by atoms with Gasteiger partial charge in [-0.15, -0.1) is 0 Å². The normalized spacial score (nSPS) is 17.4. The molecule has 1 fully saturated rings. The molecular formula is C12H14O3. The fourth-order valence-corrected chi connectivity index (χ4v) is 1.86. The SMILES string of the molecule is COC1(c2cccc(CC(=O)O)c2)CC1. The maximum Gasteiger partial charge on any atom is 0.307 e. The average molecular weight is 206 g/mol. The molecule has 0 aliphatic heterocycles. The third kappa shape index (κ3) is 2.02. The molecule has 0 spiro atoms. The summed E-state index contributed by atoms with van der Waals surface area (Å²) in [5.74, 6) is -0.797. The maximum atomic E-state index is 10.6. The quantitative estimate of drug-likeness (QED) is 0.819. The van der Waals surface area contributed by atoms with Gasteiger partial charge in [0, 0.05) is 7.11 Å². The van der Waals surface area contributed by atoms with Crippen LogP contribution >= 0.6 is 0 Å². The smallest absolute Gasteiger partial charge is 0.307 e. The third-order valence-corrected chi connectivity index (χ3v) is 2.90. The Morgan fingerprint density at radius 3 is 2.80 bits per heavy atom. The van der Waals surface area contributed by atoms with Crippen molar-refractivity contribution >= 4 is 5.97 Å². The van der Waals surface area contributed by atoms with Gasteiger partial charge in [0.25, 0.3) is 0 Å². The summed E-state index contributed by atoms with van der Waals surface area (Å²) in [6, 6.07) is 7.67. The molecule has 0 heterocycles. The molecule has 0 radical (unpaired) electrons. The Labute approximate surface area is 88.7 Å². The van der Waals surface area contributed by atoms with Gasteiger partial charge >= 0.3 is 5.97 Å². The van der Waals surface area contributed by atoms with E-state index in [4.69, 9.17) is 9.84 Å². The highest BCUT2D eigenvalue weighted by atomic mass is 16.5. The lowest BCUT2D eigenvalue weighted by atomic mass is 10.0. The molecule has 2 rings (SSSR count). The van der Waals surface area contributed by atoms with Gasteiger partial charge in [0.1, 0.15) is 0 Å². The zero-order valence-electron chi connectivity index (χ0n) is 8.69. The van der Waals surface area contributed by atoms with E-state index < -0.39 is 5.97 Å². The topological polar surface area (TPSA) is 46.5 Å². The van der Waals surface area contributed by atoms with Gasteiger partial charge in [-0.25, -0.2) is 0 Å². The molecule has 15 heavy (non-hydrogen) atoms. The van der Waals surface area contributed by atoms with Gasteiger partial charge in [0.15, 0.2) is 0 Å². The highest BCUT2D eigenvalue weighted by molar-refractivity contribution is 5.70. The summed E-state index contributed by atoms with van der Waals surface area (Å²) in [5.41, 5.74) is 1.81. The fourth-order valence-electron chi connectivity index (χ4n) is 1.86. The number of rotatable bonds is 4. The molecule has 0 amide bonds. The van der Waals surface area contributed by atoms with Crippen molar-refractivity contribution in [2.75, 3.05) is 7.11 Å². The lowest BCUT2D eigenvalue weighted by Gasteiger charge is -2.14. The molecule has 3 nitrogen and oxygen atoms in total. The molecule has 1 aliphatic carbocycles. The van der Waals surface area contributed by atoms with Crippen LogP contribution in [0.5, 0.6) is 0 Å². The summed E-state index contributed by atoms with van der Waals surface area (Å²) in [4.78, 5) is 10.6. The second-order valence-corrected chi connectivity index (χ2v) is 3.97. The van der Waals surface area contributed by atoms with Crippen LogP contribution in [0.25, 0.3) is 0 Å². The van der Waals surface area contributed by atoms with Gasteiger partial charge in [-0.3, -0.25) is 4.79 Å². The van der Waals surface area contributed by atoms with E-state index >= 15 is 0 Å². The molecule has 1 saturated carbocycles. The summed E-state index contributed by atoms with van der Waals surface area (Å²) in [6.07, 6.45) is 2.13. The Balaban J connectivity index is 2.23. The van der Waals surface area contributed by atoms with Crippen LogP contribution in [-0.2, 0) is 21.6 Å². The van der Waals surface area contributed by atoms with Gasteiger partial charge in [-0.1, -0.05) is 24.3 Å². The van der Waals surface area contributed by atoms with Crippen LogP contribution in [0.2, 0.25) is 0 Å². The molecule has 0 bridgehead atoms. The average Bonchev–Trinajstić information content (AvgIpc) is 2.97. The molecule has 0 saturated heterocycles. The summed E-state index contributed by atoms with van der Waals surface area (Å²) in [6.45, 7) is 0. The number of methoxy groups -OCH3 is 1. The first-order valence-corrected chi connectivity index (χ1v) is 5.03. The molecule has 0 atom stereocenters. The maximum absolute atomic E-state index is 10.6. The Morgan fingerprint density at radius 1 is 1.53 bits per heavy atom. The molecule has 1 aliphatic rings. The molecule has 1 aromatic rings. The summed E-state index contributed by atoms with van der Waals surface area (Å²) >= 11 is 0. The number of ether oxygens (including phenoxy) is 1. The minimum Gasteiger partial charge on any atom is -0.481 e. The Hall–Kier alpha value is -1.35. The second-order valence-electron chi connectivity index (χ2n) is 3.97. The lowest BCUT2D eigenvalue weighted by molar-refractivity contribution is -0.136. The summed E-state index contributed by atoms with van der Waals surface area (Å²) < 4.78 is 5.45. The first-order valence-electron chi connectivity index (χ1n) is 5.03. The molecule has 3 heteroatoms. The number of hydrogen-bond acceptors (Lipinski definition) is 2. The molecule has 0 aromatic heterocycles. The van der Waals surface area contributed by atoms with E-state index in [2.05, 4.69) is 0 Å². The van der Waals surface area contributed by atoms with Crippen molar-refractivity contribution in [2.24, 2.45) is 0 Å². The zero-order valence-corrected chi connectivity index (χ0v) is 8.69. The van der Waals surface area contributed by atoms with E-state index in [9.17, 15) is 4.79 Å². The van der Waals surface area contributed by atoms with Crippen molar-refractivity contribution < 1.29 is 14.6 Å².